The van der Waals surface area contributed by atoms with E-state index in [0.717, 1.165) is 17.8 Å². The summed E-state index contributed by atoms with van der Waals surface area (Å²) in [7, 11) is -2.99. The van der Waals surface area contributed by atoms with E-state index < -0.39 is 16.6 Å². The van der Waals surface area contributed by atoms with Gasteiger partial charge in [-0.2, -0.15) is 0 Å². The zero-order valence-corrected chi connectivity index (χ0v) is 22.8. The second-order valence-corrected chi connectivity index (χ2v) is 21.9. The Labute approximate surface area is 183 Å². The maximum atomic E-state index is 6.71. The number of allylic oxidation sites excluding steroid dienone is 1. The van der Waals surface area contributed by atoms with Gasteiger partial charge in [-0.15, -0.1) is 0 Å². The molecule has 2 fully saturated rings. The van der Waals surface area contributed by atoms with E-state index >= 15 is 0 Å². The lowest BCUT2D eigenvalue weighted by molar-refractivity contribution is -0.0199. The highest BCUT2D eigenvalue weighted by atomic mass is 28.4. The van der Waals surface area contributed by atoms with Crippen LogP contribution in [0.4, 0.5) is 0 Å². The molecule has 0 spiro atoms. The maximum absolute atomic E-state index is 6.71. The zero-order chi connectivity index (χ0) is 21.7. The van der Waals surface area contributed by atoms with Gasteiger partial charge >= 0.3 is 0 Å². The van der Waals surface area contributed by atoms with Gasteiger partial charge in [-0.3, -0.25) is 0 Å². The largest absolute Gasteiger partial charge is 0.414 e. The molecule has 0 aromatic rings. The maximum Gasteiger partial charge on any atom is 0.184 e. The SMILES string of the molecule is C[C@H](C[C@H]1C=C[C@@](C)(O[Si](C)(C)C)C1)[C@H]1CCC2C(O[Si](C)(C)C)CCC[C@@]21C. The molecular weight excluding hydrogens is 388 g/mol. The monoisotopic (exact) mass is 436 g/mol. The van der Waals surface area contributed by atoms with Gasteiger partial charge in [0.05, 0.1) is 5.60 Å². The molecule has 0 aromatic heterocycles. The van der Waals surface area contributed by atoms with Crippen molar-refractivity contribution in [2.45, 2.75) is 117 Å². The third kappa shape index (κ3) is 5.67. The fourth-order valence-electron chi connectivity index (χ4n) is 7.27. The molecular formula is C25H48O2Si2. The third-order valence-corrected chi connectivity index (χ3v) is 10.0. The molecule has 3 rings (SSSR count). The van der Waals surface area contributed by atoms with Crippen molar-refractivity contribution in [1.82, 2.24) is 0 Å². The number of hydrogen-bond donors (Lipinski definition) is 0. The van der Waals surface area contributed by atoms with Crippen LogP contribution in [0.5, 0.6) is 0 Å². The van der Waals surface area contributed by atoms with E-state index in [1.807, 2.05) is 0 Å². The molecule has 29 heavy (non-hydrogen) atoms. The molecule has 7 atom stereocenters. The molecule has 4 heteroatoms. The second kappa shape index (κ2) is 8.22. The van der Waals surface area contributed by atoms with Gasteiger partial charge in [-0.1, -0.05) is 32.4 Å². The first-order chi connectivity index (χ1) is 13.2. The van der Waals surface area contributed by atoms with Crippen LogP contribution in [0.2, 0.25) is 39.3 Å². The minimum Gasteiger partial charge on any atom is -0.414 e. The van der Waals surface area contributed by atoms with Crippen LogP contribution in [0, 0.1) is 29.1 Å². The zero-order valence-electron chi connectivity index (χ0n) is 20.8. The molecule has 0 amide bonds. The van der Waals surface area contributed by atoms with E-state index in [4.69, 9.17) is 8.85 Å². The lowest BCUT2D eigenvalue weighted by Crippen LogP contribution is -2.46. The Kier molecular flexibility index (Phi) is 6.73. The van der Waals surface area contributed by atoms with Gasteiger partial charge in [0, 0.05) is 6.10 Å². The van der Waals surface area contributed by atoms with E-state index in [-0.39, 0.29) is 5.60 Å². The Hall–Kier alpha value is 0.0938. The highest BCUT2D eigenvalue weighted by Crippen LogP contribution is 2.59. The predicted molar refractivity (Wildman–Crippen MR) is 130 cm³/mol. The van der Waals surface area contributed by atoms with Crippen LogP contribution in [0.3, 0.4) is 0 Å². The number of hydrogen-bond acceptors (Lipinski definition) is 2. The first-order valence-electron chi connectivity index (χ1n) is 12.3. The first kappa shape index (κ1) is 23.8. The van der Waals surface area contributed by atoms with E-state index in [9.17, 15) is 0 Å². The van der Waals surface area contributed by atoms with Crippen molar-refractivity contribution in [3.63, 3.8) is 0 Å². The summed E-state index contributed by atoms with van der Waals surface area (Å²) >= 11 is 0. The van der Waals surface area contributed by atoms with Crippen molar-refractivity contribution >= 4 is 16.6 Å². The van der Waals surface area contributed by atoms with Crippen LogP contribution in [-0.4, -0.2) is 28.3 Å². The fourth-order valence-corrected chi connectivity index (χ4v) is 10.0. The van der Waals surface area contributed by atoms with Gasteiger partial charge in [0.2, 0.25) is 0 Å². The number of rotatable bonds is 7. The average Bonchev–Trinajstić information content (AvgIpc) is 3.04. The van der Waals surface area contributed by atoms with Crippen LogP contribution in [0.25, 0.3) is 0 Å². The lowest BCUT2D eigenvalue weighted by Gasteiger charge is -2.48. The van der Waals surface area contributed by atoms with Crippen molar-refractivity contribution in [2.75, 3.05) is 0 Å². The van der Waals surface area contributed by atoms with Gasteiger partial charge in [-0.05, 0) is 114 Å². The van der Waals surface area contributed by atoms with Crippen LogP contribution < -0.4 is 0 Å². The minimum absolute atomic E-state index is 0.0297. The molecule has 168 valence electrons. The van der Waals surface area contributed by atoms with Gasteiger partial charge in [0.25, 0.3) is 0 Å². The van der Waals surface area contributed by atoms with Gasteiger partial charge in [0.1, 0.15) is 0 Å². The molecule has 0 aliphatic heterocycles. The number of fused-ring (bicyclic) bond motifs is 1. The molecule has 0 N–H and O–H groups in total. The summed E-state index contributed by atoms with van der Waals surface area (Å²) in [5.41, 5.74) is 0.459. The van der Waals surface area contributed by atoms with Crippen molar-refractivity contribution in [3.8, 4) is 0 Å². The summed E-state index contributed by atoms with van der Waals surface area (Å²) in [5, 5.41) is 0. The summed E-state index contributed by atoms with van der Waals surface area (Å²) < 4.78 is 13.2. The van der Waals surface area contributed by atoms with Crippen LogP contribution in [0.15, 0.2) is 12.2 Å². The molecule has 3 aliphatic rings. The molecule has 2 nitrogen and oxygen atoms in total. The Bertz CT molecular complexity index is 605. The minimum atomic E-state index is -1.51. The third-order valence-electron chi connectivity index (χ3n) is 7.93. The quantitative estimate of drug-likeness (QED) is 0.301. The van der Waals surface area contributed by atoms with Crippen molar-refractivity contribution < 1.29 is 8.85 Å². The summed E-state index contributed by atoms with van der Waals surface area (Å²) in [4.78, 5) is 0. The van der Waals surface area contributed by atoms with Gasteiger partial charge < -0.3 is 8.85 Å². The van der Waals surface area contributed by atoms with E-state index in [0.29, 0.717) is 17.4 Å². The Morgan fingerprint density at radius 1 is 1.00 bits per heavy atom. The average molecular weight is 437 g/mol. The fraction of sp³-hybridized carbons (Fsp3) is 0.920. The van der Waals surface area contributed by atoms with Crippen molar-refractivity contribution in [2.24, 2.45) is 29.1 Å². The molecule has 3 aliphatic carbocycles. The van der Waals surface area contributed by atoms with E-state index in [1.54, 1.807) is 0 Å². The Morgan fingerprint density at radius 3 is 2.31 bits per heavy atom. The molecule has 0 bridgehead atoms. The van der Waals surface area contributed by atoms with Crippen molar-refractivity contribution in [1.29, 1.82) is 0 Å². The summed E-state index contributed by atoms with van der Waals surface area (Å²) in [6, 6.07) is 0. The molecule has 0 aromatic carbocycles. The summed E-state index contributed by atoms with van der Waals surface area (Å²) in [6.45, 7) is 21.5. The lowest BCUT2D eigenvalue weighted by atomic mass is 9.61. The highest BCUT2D eigenvalue weighted by Gasteiger charge is 2.53. The van der Waals surface area contributed by atoms with E-state index in [2.05, 4.69) is 72.2 Å². The Morgan fingerprint density at radius 2 is 1.69 bits per heavy atom. The van der Waals surface area contributed by atoms with Crippen LogP contribution in [0.1, 0.15) is 65.7 Å². The normalized spacial score (nSPS) is 41.6. The van der Waals surface area contributed by atoms with Crippen LogP contribution in [-0.2, 0) is 8.85 Å². The van der Waals surface area contributed by atoms with Gasteiger partial charge in [0.15, 0.2) is 16.6 Å². The summed E-state index contributed by atoms with van der Waals surface area (Å²) in [5.74, 6) is 3.12. The van der Waals surface area contributed by atoms with Crippen molar-refractivity contribution in [3.05, 3.63) is 12.2 Å². The van der Waals surface area contributed by atoms with Gasteiger partial charge in [-0.25, -0.2) is 0 Å². The highest BCUT2D eigenvalue weighted by molar-refractivity contribution is 6.70. The van der Waals surface area contributed by atoms with E-state index in [1.165, 1.54) is 44.9 Å². The Balaban J connectivity index is 1.62. The summed E-state index contributed by atoms with van der Waals surface area (Å²) in [6.07, 6.45) is 14.7. The molecule has 2 unspecified atom stereocenters. The molecule has 2 saturated carbocycles. The molecule has 0 saturated heterocycles. The molecule has 0 radical (unpaired) electrons. The topological polar surface area (TPSA) is 18.5 Å². The first-order valence-corrected chi connectivity index (χ1v) is 19.1. The van der Waals surface area contributed by atoms with Crippen LogP contribution >= 0.6 is 0 Å². The standard InChI is InChI=1S/C25H48O2Si2/c1-19(17-20-14-16-24(2,18-20)27-29(7,8)9)21-12-13-22-23(26-28(4,5)6)11-10-15-25(21,22)3/h14,16,19-23H,10-13,15,17-18H2,1-9H3/t19-,20-,21-,22?,23?,24-,25-/m1/s1. The predicted octanol–water partition coefficient (Wildman–Crippen LogP) is 7.64. The smallest absolute Gasteiger partial charge is 0.184 e. The molecule has 0 heterocycles. The second-order valence-electron chi connectivity index (χ2n) is 13.0.